The highest BCUT2D eigenvalue weighted by molar-refractivity contribution is 7.89. The molecule has 3 aromatic carbocycles. The Morgan fingerprint density at radius 1 is 1.03 bits per heavy atom. The van der Waals surface area contributed by atoms with E-state index in [4.69, 9.17) is 16.3 Å². The number of alkyl halides is 3. The molecule has 0 spiro atoms. The van der Waals surface area contributed by atoms with E-state index in [1.54, 1.807) is 36.4 Å². The molecular weight excluding hydrogens is 529 g/mol. The van der Waals surface area contributed by atoms with Crippen LogP contribution < -0.4 is 14.8 Å². The molecule has 6 nitrogen and oxygen atoms in total. The molecule has 0 aliphatic heterocycles. The van der Waals surface area contributed by atoms with Crippen LogP contribution >= 0.6 is 11.6 Å². The van der Waals surface area contributed by atoms with Gasteiger partial charge in [0.2, 0.25) is 15.9 Å². The van der Waals surface area contributed by atoms with Crippen molar-refractivity contribution in [3.63, 3.8) is 0 Å². The second kappa shape index (κ2) is 11.5. The first-order chi connectivity index (χ1) is 17.3. The number of nitrogens with one attached hydrogen (secondary N) is 2. The number of benzene rings is 3. The summed E-state index contributed by atoms with van der Waals surface area (Å²) in [6.45, 7) is 3.78. The summed E-state index contributed by atoms with van der Waals surface area (Å²) in [6.07, 6.45) is -4.92. The third kappa shape index (κ3) is 7.24. The molecule has 0 fully saturated rings. The third-order valence-corrected chi connectivity index (χ3v) is 7.31. The lowest BCUT2D eigenvalue weighted by Crippen LogP contribution is -2.45. The summed E-state index contributed by atoms with van der Waals surface area (Å²) in [7, 11) is -3.02. The first-order valence-corrected chi connectivity index (χ1v) is 13.1. The molecule has 0 heterocycles. The normalized spacial score (nSPS) is 12.9. The Kier molecular flexibility index (Phi) is 8.88. The Balaban J connectivity index is 2.01. The molecule has 0 aromatic heterocycles. The van der Waals surface area contributed by atoms with E-state index in [1.165, 1.54) is 25.3 Å². The molecule has 11 heteroatoms. The van der Waals surface area contributed by atoms with E-state index in [1.807, 2.05) is 13.8 Å². The highest BCUT2D eigenvalue weighted by atomic mass is 35.5. The summed E-state index contributed by atoms with van der Waals surface area (Å²) in [5.74, 6) is -0.902. The first-order valence-electron chi connectivity index (χ1n) is 11.2. The SMILES string of the molecule is COc1ccc(C(C)C)cc1S(=O)(=O)NC(Cc1ccccc1)C(=O)Nc1ccc(Cl)cc1C(F)(F)F. The number of amides is 1. The van der Waals surface area contributed by atoms with E-state index in [2.05, 4.69) is 10.0 Å². The van der Waals surface area contributed by atoms with Crippen molar-refractivity contribution in [1.29, 1.82) is 0 Å². The number of anilines is 1. The zero-order valence-electron chi connectivity index (χ0n) is 20.3. The van der Waals surface area contributed by atoms with Crippen LogP contribution in [0.4, 0.5) is 18.9 Å². The van der Waals surface area contributed by atoms with Crippen LogP contribution in [0.2, 0.25) is 5.02 Å². The fourth-order valence-electron chi connectivity index (χ4n) is 3.63. The minimum Gasteiger partial charge on any atom is -0.495 e. The first kappa shape index (κ1) is 28.5. The minimum absolute atomic E-state index is 0.00830. The van der Waals surface area contributed by atoms with Crippen LogP contribution in [0.3, 0.4) is 0 Å². The summed E-state index contributed by atoms with van der Waals surface area (Å²) in [6, 6.07) is 14.7. The zero-order chi connectivity index (χ0) is 27.4. The average molecular weight is 555 g/mol. The van der Waals surface area contributed by atoms with E-state index >= 15 is 0 Å². The van der Waals surface area contributed by atoms with Gasteiger partial charge in [0.1, 0.15) is 16.7 Å². The predicted octanol–water partition coefficient (Wildman–Crippen LogP) is 6.02. The Morgan fingerprint density at radius 3 is 2.30 bits per heavy atom. The molecule has 2 N–H and O–H groups in total. The number of carbonyl (C=O) groups is 1. The average Bonchev–Trinajstić information content (AvgIpc) is 2.84. The van der Waals surface area contributed by atoms with Gasteiger partial charge in [0.05, 0.1) is 18.4 Å². The molecule has 0 aliphatic rings. The van der Waals surface area contributed by atoms with Gasteiger partial charge in [0.25, 0.3) is 0 Å². The number of sulfonamides is 1. The van der Waals surface area contributed by atoms with E-state index < -0.39 is 39.4 Å². The molecule has 1 amide bonds. The molecule has 1 atom stereocenters. The van der Waals surface area contributed by atoms with E-state index in [-0.39, 0.29) is 28.0 Å². The number of methoxy groups -OCH3 is 1. The van der Waals surface area contributed by atoms with Crippen LogP contribution in [-0.2, 0) is 27.4 Å². The monoisotopic (exact) mass is 554 g/mol. The van der Waals surface area contributed by atoms with Gasteiger partial charge < -0.3 is 10.1 Å². The van der Waals surface area contributed by atoms with Crippen molar-refractivity contribution < 1.29 is 31.1 Å². The molecule has 198 valence electrons. The van der Waals surface area contributed by atoms with Crippen molar-refractivity contribution in [3.05, 3.63) is 88.4 Å². The number of ether oxygens (including phenoxy) is 1. The molecule has 0 radical (unpaired) electrons. The van der Waals surface area contributed by atoms with Gasteiger partial charge in [-0.05, 0) is 53.8 Å². The van der Waals surface area contributed by atoms with Gasteiger partial charge in [-0.25, -0.2) is 8.42 Å². The van der Waals surface area contributed by atoms with Crippen LogP contribution in [0, 0.1) is 0 Å². The second-order valence-electron chi connectivity index (χ2n) is 8.61. The van der Waals surface area contributed by atoms with Gasteiger partial charge in [0, 0.05) is 5.02 Å². The smallest absolute Gasteiger partial charge is 0.418 e. The summed E-state index contributed by atoms with van der Waals surface area (Å²) in [5.41, 5.74) is -0.374. The highest BCUT2D eigenvalue weighted by Crippen LogP contribution is 2.36. The lowest BCUT2D eigenvalue weighted by atomic mass is 10.0. The zero-order valence-corrected chi connectivity index (χ0v) is 21.8. The molecule has 3 rings (SSSR count). The summed E-state index contributed by atoms with van der Waals surface area (Å²) in [4.78, 5) is 13.1. The maximum atomic E-state index is 13.6. The van der Waals surface area contributed by atoms with E-state index in [9.17, 15) is 26.4 Å². The molecular formula is C26H26ClF3N2O4S. The topological polar surface area (TPSA) is 84.5 Å². The summed E-state index contributed by atoms with van der Waals surface area (Å²) in [5, 5.41) is 2.06. The lowest BCUT2D eigenvalue weighted by molar-refractivity contribution is -0.137. The fraction of sp³-hybridized carbons (Fsp3) is 0.269. The minimum atomic E-state index is -4.80. The van der Waals surface area contributed by atoms with Crippen molar-refractivity contribution in [2.75, 3.05) is 12.4 Å². The van der Waals surface area contributed by atoms with Crippen molar-refractivity contribution in [2.24, 2.45) is 0 Å². The van der Waals surface area contributed by atoms with Gasteiger partial charge >= 0.3 is 6.18 Å². The van der Waals surface area contributed by atoms with Gasteiger partial charge in [0.15, 0.2) is 0 Å². The van der Waals surface area contributed by atoms with Crippen molar-refractivity contribution in [2.45, 2.75) is 43.3 Å². The second-order valence-corrected chi connectivity index (χ2v) is 10.7. The Morgan fingerprint density at radius 2 is 1.70 bits per heavy atom. The van der Waals surface area contributed by atoms with Crippen molar-refractivity contribution in [3.8, 4) is 5.75 Å². The molecule has 0 aliphatic carbocycles. The van der Waals surface area contributed by atoms with Crippen LogP contribution in [0.25, 0.3) is 0 Å². The largest absolute Gasteiger partial charge is 0.495 e. The molecule has 3 aromatic rings. The van der Waals surface area contributed by atoms with Crippen LogP contribution in [-0.4, -0.2) is 27.5 Å². The predicted molar refractivity (Wildman–Crippen MR) is 136 cm³/mol. The summed E-state index contributed by atoms with van der Waals surface area (Å²) < 4.78 is 75.2. The van der Waals surface area contributed by atoms with Crippen LogP contribution in [0.15, 0.2) is 71.6 Å². The molecule has 0 saturated carbocycles. The van der Waals surface area contributed by atoms with E-state index in [0.29, 0.717) is 11.6 Å². The fourth-order valence-corrected chi connectivity index (χ4v) is 5.20. The number of halogens is 4. The Bertz CT molecular complexity index is 1360. The van der Waals surface area contributed by atoms with Crippen LogP contribution in [0.5, 0.6) is 5.75 Å². The Hall–Kier alpha value is -3.08. The lowest BCUT2D eigenvalue weighted by Gasteiger charge is -2.21. The van der Waals surface area contributed by atoms with Gasteiger partial charge in [-0.15, -0.1) is 0 Å². The van der Waals surface area contributed by atoms with Crippen LogP contribution in [0.1, 0.15) is 36.5 Å². The molecule has 37 heavy (non-hydrogen) atoms. The maximum Gasteiger partial charge on any atom is 0.418 e. The Labute approximate surface area is 218 Å². The van der Waals surface area contributed by atoms with Crippen molar-refractivity contribution >= 4 is 33.2 Å². The maximum absolute atomic E-state index is 13.6. The number of carbonyl (C=O) groups excluding carboxylic acids is 1. The summed E-state index contributed by atoms with van der Waals surface area (Å²) >= 11 is 5.73. The highest BCUT2D eigenvalue weighted by Gasteiger charge is 2.35. The molecule has 0 saturated heterocycles. The number of rotatable bonds is 9. The standard InChI is InChI=1S/C26H26ClF3N2O4S/c1-16(2)18-9-12-23(36-3)24(14-18)37(34,35)32-22(13-17-7-5-4-6-8-17)25(33)31-21-11-10-19(27)15-20(21)26(28,29)30/h4-12,14-16,22,32H,13H2,1-3H3,(H,31,33). The van der Waals surface area contributed by atoms with E-state index in [0.717, 1.165) is 11.6 Å². The molecule has 0 bridgehead atoms. The third-order valence-electron chi connectivity index (χ3n) is 5.59. The quantitative estimate of drug-likeness (QED) is 0.339. The molecule has 1 unspecified atom stereocenters. The van der Waals surface area contributed by atoms with Gasteiger partial charge in [-0.2, -0.15) is 17.9 Å². The van der Waals surface area contributed by atoms with Gasteiger partial charge in [-0.1, -0.05) is 61.8 Å². The van der Waals surface area contributed by atoms with Gasteiger partial charge in [-0.3, -0.25) is 4.79 Å². The van der Waals surface area contributed by atoms with Crippen molar-refractivity contribution in [1.82, 2.24) is 4.72 Å². The number of hydrogen-bond acceptors (Lipinski definition) is 4. The number of hydrogen-bond donors (Lipinski definition) is 2.